The van der Waals surface area contributed by atoms with Gasteiger partial charge in [0.05, 0.1) is 24.2 Å². The van der Waals surface area contributed by atoms with Crippen LogP contribution in [0.15, 0.2) is 42.5 Å². The van der Waals surface area contributed by atoms with Crippen LogP contribution >= 0.6 is 11.3 Å². The van der Waals surface area contributed by atoms with Crippen LogP contribution in [0, 0.1) is 12.7 Å². The van der Waals surface area contributed by atoms with E-state index in [2.05, 4.69) is 16.2 Å². The SMILES string of the molecule is COc1ccccc1NCC(=O)NNC(=O)c1sc2cccc(F)c2c1C. The topological polar surface area (TPSA) is 79.5 Å². The maximum absolute atomic E-state index is 13.9. The van der Waals surface area contributed by atoms with Crippen LogP contribution in [0.25, 0.3) is 10.1 Å². The van der Waals surface area contributed by atoms with E-state index < -0.39 is 11.8 Å². The first kappa shape index (κ1) is 18.7. The normalized spacial score (nSPS) is 10.5. The van der Waals surface area contributed by atoms with Gasteiger partial charge >= 0.3 is 0 Å². The van der Waals surface area contributed by atoms with Crippen LogP contribution in [0.4, 0.5) is 10.1 Å². The second-order valence-electron chi connectivity index (χ2n) is 5.73. The van der Waals surface area contributed by atoms with E-state index >= 15 is 0 Å². The largest absolute Gasteiger partial charge is 0.495 e. The van der Waals surface area contributed by atoms with E-state index in [1.54, 1.807) is 31.2 Å². The molecule has 3 N–H and O–H groups in total. The molecule has 0 bridgehead atoms. The fourth-order valence-electron chi connectivity index (χ4n) is 2.66. The minimum absolute atomic E-state index is 0.0549. The third-order valence-electron chi connectivity index (χ3n) is 3.97. The number of aryl methyl sites for hydroxylation is 1. The number of hydrazine groups is 1. The van der Waals surface area contributed by atoms with Gasteiger partial charge in [0.1, 0.15) is 11.6 Å². The van der Waals surface area contributed by atoms with E-state index in [1.807, 2.05) is 12.1 Å². The lowest BCUT2D eigenvalue weighted by Crippen LogP contribution is -2.44. The third kappa shape index (κ3) is 4.01. The molecule has 0 spiro atoms. The van der Waals surface area contributed by atoms with Crippen LogP contribution in [-0.2, 0) is 4.79 Å². The van der Waals surface area contributed by atoms with Crippen molar-refractivity contribution < 1.29 is 18.7 Å². The zero-order valence-electron chi connectivity index (χ0n) is 14.8. The first-order chi connectivity index (χ1) is 13.0. The summed E-state index contributed by atoms with van der Waals surface area (Å²) in [6, 6.07) is 11.9. The molecule has 27 heavy (non-hydrogen) atoms. The summed E-state index contributed by atoms with van der Waals surface area (Å²) in [6.45, 7) is 1.63. The van der Waals surface area contributed by atoms with Crippen LogP contribution in [0.1, 0.15) is 15.2 Å². The number of carbonyl (C=O) groups excluding carboxylic acids is 2. The van der Waals surface area contributed by atoms with Gasteiger partial charge in [0, 0.05) is 10.1 Å². The Morgan fingerprint density at radius 1 is 1.11 bits per heavy atom. The number of thiophene rings is 1. The molecule has 2 aromatic carbocycles. The fraction of sp³-hybridized carbons (Fsp3) is 0.158. The summed E-state index contributed by atoms with van der Waals surface area (Å²) in [6.07, 6.45) is 0. The summed E-state index contributed by atoms with van der Waals surface area (Å²) in [5.41, 5.74) is 5.92. The Kier molecular flexibility index (Phi) is 5.56. The Bertz CT molecular complexity index is 1000. The minimum atomic E-state index is -0.487. The Hall–Kier alpha value is -3.13. The van der Waals surface area contributed by atoms with Crippen molar-refractivity contribution in [2.75, 3.05) is 19.0 Å². The first-order valence-electron chi connectivity index (χ1n) is 8.15. The van der Waals surface area contributed by atoms with Gasteiger partial charge in [-0.05, 0) is 36.8 Å². The molecule has 8 heteroatoms. The Labute approximate surface area is 159 Å². The molecule has 0 aliphatic rings. The molecule has 6 nitrogen and oxygen atoms in total. The number of ether oxygens (including phenoxy) is 1. The van der Waals surface area contributed by atoms with Crippen molar-refractivity contribution in [1.29, 1.82) is 0 Å². The monoisotopic (exact) mass is 387 g/mol. The standard InChI is InChI=1S/C19H18FN3O3S/c1-11-17-12(20)6-5-9-15(17)27-18(11)19(25)23-22-16(24)10-21-13-7-3-4-8-14(13)26-2/h3-9,21H,10H2,1-2H3,(H,22,24)(H,23,25). The van der Waals surface area contributed by atoms with Crippen molar-refractivity contribution in [3.8, 4) is 5.75 Å². The number of rotatable bonds is 5. The highest BCUT2D eigenvalue weighted by atomic mass is 32.1. The lowest BCUT2D eigenvalue weighted by Gasteiger charge is -2.11. The van der Waals surface area contributed by atoms with Crippen molar-refractivity contribution in [1.82, 2.24) is 10.9 Å². The number of halogens is 1. The van der Waals surface area contributed by atoms with Gasteiger partial charge in [-0.15, -0.1) is 11.3 Å². The minimum Gasteiger partial charge on any atom is -0.495 e. The van der Waals surface area contributed by atoms with E-state index in [0.717, 1.165) is 0 Å². The van der Waals surface area contributed by atoms with Crippen LogP contribution in [-0.4, -0.2) is 25.5 Å². The molecule has 3 aromatic rings. The summed E-state index contributed by atoms with van der Waals surface area (Å²) < 4.78 is 19.8. The summed E-state index contributed by atoms with van der Waals surface area (Å²) in [7, 11) is 1.54. The van der Waals surface area contributed by atoms with Crippen LogP contribution in [0.2, 0.25) is 0 Å². The van der Waals surface area contributed by atoms with E-state index in [9.17, 15) is 14.0 Å². The zero-order chi connectivity index (χ0) is 19.4. The summed E-state index contributed by atoms with van der Waals surface area (Å²) >= 11 is 1.18. The average Bonchev–Trinajstić information content (AvgIpc) is 3.02. The lowest BCUT2D eigenvalue weighted by atomic mass is 10.1. The molecule has 140 valence electrons. The molecule has 0 saturated carbocycles. The number of carbonyl (C=O) groups is 2. The molecule has 0 aliphatic heterocycles. The Morgan fingerprint density at radius 2 is 1.89 bits per heavy atom. The molecular formula is C19H18FN3O3S. The van der Waals surface area contributed by atoms with Gasteiger partial charge in [-0.1, -0.05) is 18.2 Å². The van der Waals surface area contributed by atoms with Crippen molar-refractivity contribution in [3.05, 3.63) is 58.7 Å². The third-order valence-corrected chi connectivity index (χ3v) is 5.23. The second kappa shape index (κ2) is 8.05. The van der Waals surface area contributed by atoms with Crippen LogP contribution in [0.5, 0.6) is 5.75 Å². The summed E-state index contributed by atoms with van der Waals surface area (Å²) in [5.74, 6) is -0.680. The molecule has 2 amide bonds. The van der Waals surface area contributed by atoms with E-state index in [4.69, 9.17) is 4.74 Å². The first-order valence-corrected chi connectivity index (χ1v) is 8.96. The zero-order valence-corrected chi connectivity index (χ0v) is 15.6. The maximum Gasteiger partial charge on any atom is 0.280 e. The van der Waals surface area contributed by atoms with Crippen LogP contribution in [0.3, 0.4) is 0 Å². The lowest BCUT2D eigenvalue weighted by molar-refractivity contribution is -0.120. The summed E-state index contributed by atoms with van der Waals surface area (Å²) in [4.78, 5) is 24.7. The Morgan fingerprint density at radius 3 is 2.63 bits per heavy atom. The van der Waals surface area contributed by atoms with Crippen molar-refractivity contribution in [2.24, 2.45) is 0 Å². The number of hydrogen-bond acceptors (Lipinski definition) is 5. The Balaban J connectivity index is 1.60. The van der Waals surface area contributed by atoms with Gasteiger partial charge in [0.15, 0.2) is 0 Å². The second-order valence-corrected chi connectivity index (χ2v) is 6.78. The fourth-order valence-corrected chi connectivity index (χ4v) is 3.78. The molecule has 0 radical (unpaired) electrons. The predicted octanol–water partition coefficient (Wildman–Crippen LogP) is 3.23. The van der Waals surface area contributed by atoms with Crippen molar-refractivity contribution in [3.63, 3.8) is 0 Å². The number of benzene rings is 2. The van der Waals surface area contributed by atoms with Crippen molar-refractivity contribution >= 4 is 38.9 Å². The predicted molar refractivity (Wildman–Crippen MR) is 104 cm³/mol. The van der Waals surface area contributed by atoms with E-state index in [-0.39, 0.29) is 12.4 Å². The molecule has 0 aliphatic carbocycles. The molecule has 0 saturated heterocycles. The van der Waals surface area contributed by atoms with Gasteiger partial charge in [0.2, 0.25) is 0 Å². The number of amides is 2. The molecule has 1 aromatic heterocycles. The number of anilines is 1. The highest BCUT2D eigenvalue weighted by Crippen LogP contribution is 2.32. The molecule has 3 rings (SSSR count). The highest BCUT2D eigenvalue weighted by Gasteiger charge is 2.18. The molecule has 1 heterocycles. The van der Waals surface area contributed by atoms with Gasteiger partial charge < -0.3 is 10.1 Å². The molecule has 0 fully saturated rings. The van der Waals surface area contributed by atoms with Crippen LogP contribution < -0.4 is 20.9 Å². The highest BCUT2D eigenvalue weighted by molar-refractivity contribution is 7.21. The summed E-state index contributed by atoms with van der Waals surface area (Å²) in [5, 5.41) is 3.36. The molecule has 0 atom stereocenters. The number of fused-ring (bicyclic) bond motifs is 1. The van der Waals surface area contributed by atoms with E-state index in [0.29, 0.717) is 32.0 Å². The van der Waals surface area contributed by atoms with Gasteiger partial charge in [0.25, 0.3) is 11.8 Å². The maximum atomic E-state index is 13.9. The van der Waals surface area contributed by atoms with E-state index in [1.165, 1.54) is 24.5 Å². The number of hydrogen-bond donors (Lipinski definition) is 3. The smallest absolute Gasteiger partial charge is 0.280 e. The molecule has 0 unspecified atom stereocenters. The number of nitrogens with one attached hydrogen (secondary N) is 3. The quantitative estimate of drug-likeness (QED) is 0.588. The molecular weight excluding hydrogens is 369 g/mol. The van der Waals surface area contributed by atoms with Gasteiger partial charge in [-0.2, -0.15) is 0 Å². The van der Waals surface area contributed by atoms with Gasteiger partial charge in [-0.3, -0.25) is 20.4 Å². The number of methoxy groups -OCH3 is 1. The number of para-hydroxylation sites is 2. The van der Waals surface area contributed by atoms with Crippen molar-refractivity contribution in [2.45, 2.75) is 6.92 Å². The average molecular weight is 387 g/mol. The van der Waals surface area contributed by atoms with Gasteiger partial charge in [-0.25, -0.2) is 4.39 Å².